The van der Waals surface area contributed by atoms with E-state index >= 15 is 0 Å². The lowest BCUT2D eigenvalue weighted by atomic mass is 10.0. The van der Waals surface area contributed by atoms with Crippen LogP contribution >= 0.6 is 0 Å². The third-order valence-corrected chi connectivity index (χ3v) is 6.45. The van der Waals surface area contributed by atoms with Crippen LogP contribution in [-0.2, 0) is 4.74 Å². The minimum atomic E-state index is -0.289. The van der Waals surface area contributed by atoms with Gasteiger partial charge in [0.2, 0.25) is 0 Å². The van der Waals surface area contributed by atoms with Crippen LogP contribution in [0.2, 0.25) is 0 Å². The molecular formula is C26H28FN3O2. The standard InChI is InChI=1S/C26H28FN3O2/c27-20-10-8-19(9-11-20)25-17-23(22-6-1-2-7-24(22)28-25)26(31)30-13-4-12-29(14-15-30)18-21-5-3-16-32-21/h1-2,6-11,17,21H,3-5,12-16,18H2. The number of pyridine rings is 1. The van der Waals surface area contributed by atoms with Crippen LogP contribution in [0.5, 0.6) is 0 Å². The van der Waals surface area contributed by atoms with E-state index < -0.39 is 0 Å². The Kier molecular flexibility index (Phi) is 6.14. The third-order valence-electron chi connectivity index (χ3n) is 6.45. The van der Waals surface area contributed by atoms with Crippen LogP contribution in [0.4, 0.5) is 4.39 Å². The average molecular weight is 434 g/mol. The molecule has 1 amide bonds. The summed E-state index contributed by atoms with van der Waals surface area (Å²) in [6.45, 7) is 5.11. The van der Waals surface area contributed by atoms with Crippen LogP contribution in [0.25, 0.3) is 22.2 Å². The van der Waals surface area contributed by atoms with Crippen LogP contribution in [0, 0.1) is 5.82 Å². The van der Waals surface area contributed by atoms with Crippen LogP contribution in [0.15, 0.2) is 54.6 Å². The number of aromatic nitrogens is 1. The van der Waals surface area contributed by atoms with Gasteiger partial charge in [0.25, 0.3) is 5.91 Å². The van der Waals surface area contributed by atoms with E-state index in [1.165, 1.54) is 12.1 Å². The van der Waals surface area contributed by atoms with E-state index in [-0.39, 0.29) is 11.7 Å². The Bertz CT molecular complexity index is 1100. The summed E-state index contributed by atoms with van der Waals surface area (Å²) in [5, 5.41) is 0.851. The number of fused-ring (bicyclic) bond motifs is 1. The van der Waals surface area contributed by atoms with Crippen molar-refractivity contribution in [2.24, 2.45) is 0 Å². The largest absolute Gasteiger partial charge is 0.377 e. The molecule has 6 heteroatoms. The highest BCUT2D eigenvalue weighted by atomic mass is 19.1. The van der Waals surface area contributed by atoms with Gasteiger partial charge in [0.05, 0.1) is 22.9 Å². The van der Waals surface area contributed by atoms with Gasteiger partial charge in [-0.25, -0.2) is 9.37 Å². The highest BCUT2D eigenvalue weighted by Crippen LogP contribution is 2.26. The molecule has 5 rings (SSSR count). The van der Waals surface area contributed by atoms with Crippen LogP contribution in [-0.4, -0.2) is 66.1 Å². The number of hydrogen-bond acceptors (Lipinski definition) is 4. The van der Waals surface area contributed by atoms with Gasteiger partial charge in [-0.15, -0.1) is 0 Å². The third kappa shape index (κ3) is 4.52. The number of hydrogen-bond donors (Lipinski definition) is 0. The van der Waals surface area contributed by atoms with Crippen molar-refractivity contribution < 1.29 is 13.9 Å². The van der Waals surface area contributed by atoms with Crippen molar-refractivity contribution in [3.05, 3.63) is 66.0 Å². The fourth-order valence-corrected chi connectivity index (χ4v) is 4.72. The Hall–Kier alpha value is -2.83. The second kappa shape index (κ2) is 9.35. The van der Waals surface area contributed by atoms with Gasteiger partial charge in [0.1, 0.15) is 5.82 Å². The van der Waals surface area contributed by atoms with E-state index in [9.17, 15) is 9.18 Å². The Balaban J connectivity index is 1.40. The van der Waals surface area contributed by atoms with Gasteiger partial charge in [0, 0.05) is 43.7 Å². The number of amides is 1. The van der Waals surface area contributed by atoms with Crippen molar-refractivity contribution in [1.29, 1.82) is 0 Å². The molecule has 166 valence electrons. The summed E-state index contributed by atoms with van der Waals surface area (Å²) in [7, 11) is 0. The summed E-state index contributed by atoms with van der Waals surface area (Å²) in [4.78, 5) is 22.8. The number of carbonyl (C=O) groups is 1. The lowest BCUT2D eigenvalue weighted by Crippen LogP contribution is -2.37. The molecule has 0 bridgehead atoms. The molecule has 0 radical (unpaired) electrons. The molecule has 0 N–H and O–H groups in total. The molecule has 0 spiro atoms. The lowest BCUT2D eigenvalue weighted by molar-refractivity contribution is 0.0705. The predicted molar refractivity (Wildman–Crippen MR) is 123 cm³/mol. The molecule has 0 saturated carbocycles. The Morgan fingerprint density at radius 2 is 1.88 bits per heavy atom. The van der Waals surface area contributed by atoms with Crippen LogP contribution < -0.4 is 0 Å². The molecule has 1 atom stereocenters. The van der Waals surface area contributed by atoms with Gasteiger partial charge in [-0.3, -0.25) is 9.69 Å². The van der Waals surface area contributed by atoms with Gasteiger partial charge in [0.15, 0.2) is 0 Å². The normalized spacial score (nSPS) is 19.9. The summed E-state index contributed by atoms with van der Waals surface area (Å²) in [5.41, 5.74) is 2.90. The highest BCUT2D eigenvalue weighted by Gasteiger charge is 2.25. The summed E-state index contributed by atoms with van der Waals surface area (Å²) in [6.07, 6.45) is 3.56. The summed E-state index contributed by atoms with van der Waals surface area (Å²) in [6, 6.07) is 15.8. The van der Waals surface area contributed by atoms with Crippen LogP contribution in [0.1, 0.15) is 29.6 Å². The molecule has 0 aliphatic carbocycles. The summed E-state index contributed by atoms with van der Waals surface area (Å²) < 4.78 is 19.2. The molecule has 2 aromatic carbocycles. The first-order valence-corrected chi connectivity index (χ1v) is 11.5. The van der Waals surface area contributed by atoms with Crippen molar-refractivity contribution in [2.75, 3.05) is 39.3 Å². The first-order chi connectivity index (χ1) is 15.7. The number of carbonyl (C=O) groups excluding carboxylic acids is 1. The average Bonchev–Trinajstić information content (AvgIpc) is 3.22. The maximum atomic E-state index is 13.7. The minimum absolute atomic E-state index is 0.0333. The Morgan fingerprint density at radius 3 is 2.69 bits per heavy atom. The molecule has 2 aliphatic rings. The molecule has 2 fully saturated rings. The Labute approximate surface area is 187 Å². The first-order valence-electron chi connectivity index (χ1n) is 11.5. The molecule has 32 heavy (non-hydrogen) atoms. The van der Waals surface area contributed by atoms with E-state index in [4.69, 9.17) is 9.72 Å². The molecule has 3 aromatic rings. The fraction of sp³-hybridized carbons (Fsp3) is 0.385. The van der Waals surface area contributed by atoms with Crippen molar-refractivity contribution in [3.8, 4) is 11.3 Å². The van der Waals surface area contributed by atoms with Crippen molar-refractivity contribution >= 4 is 16.8 Å². The quantitative estimate of drug-likeness (QED) is 0.613. The fourth-order valence-electron chi connectivity index (χ4n) is 4.72. The van der Waals surface area contributed by atoms with Gasteiger partial charge < -0.3 is 9.64 Å². The second-order valence-electron chi connectivity index (χ2n) is 8.66. The monoisotopic (exact) mass is 433 g/mol. The first kappa shape index (κ1) is 21.0. The smallest absolute Gasteiger partial charge is 0.254 e. The molecule has 1 unspecified atom stereocenters. The van der Waals surface area contributed by atoms with Crippen molar-refractivity contribution in [3.63, 3.8) is 0 Å². The van der Waals surface area contributed by atoms with Crippen molar-refractivity contribution in [1.82, 2.24) is 14.8 Å². The highest BCUT2D eigenvalue weighted by molar-refractivity contribution is 6.07. The second-order valence-corrected chi connectivity index (χ2v) is 8.66. The van der Waals surface area contributed by atoms with E-state index in [1.807, 2.05) is 35.2 Å². The number of ether oxygens (including phenoxy) is 1. The molecular weight excluding hydrogens is 405 g/mol. The molecule has 2 saturated heterocycles. The zero-order valence-electron chi connectivity index (χ0n) is 18.2. The molecule has 5 nitrogen and oxygen atoms in total. The SMILES string of the molecule is O=C(c1cc(-c2ccc(F)cc2)nc2ccccc12)N1CCCN(CC2CCCO2)CC1. The van der Waals surface area contributed by atoms with Crippen molar-refractivity contribution in [2.45, 2.75) is 25.4 Å². The predicted octanol–water partition coefficient (Wildman–Crippen LogP) is 4.37. The van der Waals surface area contributed by atoms with E-state index in [2.05, 4.69) is 4.90 Å². The zero-order valence-corrected chi connectivity index (χ0v) is 18.2. The number of rotatable bonds is 4. The molecule has 2 aliphatic heterocycles. The molecule has 1 aromatic heterocycles. The Morgan fingerprint density at radius 1 is 1.03 bits per heavy atom. The maximum absolute atomic E-state index is 13.7. The number of halogens is 1. The van der Waals surface area contributed by atoms with Gasteiger partial charge in [-0.1, -0.05) is 18.2 Å². The summed E-state index contributed by atoms with van der Waals surface area (Å²) in [5.74, 6) is -0.256. The zero-order chi connectivity index (χ0) is 21.9. The summed E-state index contributed by atoms with van der Waals surface area (Å²) >= 11 is 0. The topological polar surface area (TPSA) is 45.7 Å². The molecule has 3 heterocycles. The van der Waals surface area contributed by atoms with Gasteiger partial charge >= 0.3 is 0 Å². The lowest BCUT2D eigenvalue weighted by Gasteiger charge is -2.24. The number of para-hydroxylation sites is 1. The number of benzene rings is 2. The van der Waals surface area contributed by atoms with Gasteiger partial charge in [-0.2, -0.15) is 0 Å². The van der Waals surface area contributed by atoms with E-state index in [0.717, 1.165) is 68.5 Å². The minimum Gasteiger partial charge on any atom is -0.377 e. The maximum Gasteiger partial charge on any atom is 0.254 e. The number of nitrogens with zero attached hydrogens (tertiary/aromatic N) is 3. The van der Waals surface area contributed by atoms with E-state index in [0.29, 0.717) is 23.9 Å². The van der Waals surface area contributed by atoms with E-state index in [1.54, 1.807) is 12.1 Å². The van der Waals surface area contributed by atoms with Crippen LogP contribution in [0.3, 0.4) is 0 Å². The van der Waals surface area contributed by atoms with Gasteiger partial charge in [-0.05, 0) is 62.2 Å².